The molecule has 0 aliphatic heterocycles. The molecule has 2 aliphatic carbocycles. The van der Waals surface area contributed by atoms with E-state index in [-0.39, 0.29) is 28.1 Å². The van der Waals surface area contributed by atoms with E-state index in [4.69, 9.17) is 0 Å². The Labute approximate surface area is 284 Å². The van der Waals surface area contributed by atoms with Crippen LogP contribution in [-0.2, 0) is 33.3 Å². The van der Waals surface area contributed by atoms with Gasteiger partial charge in [0.2, 0.25) is 0 Å². The van der Waals surface area contributed by atoms with Gasteiger partial charge in [-0.15, -0.1) is 0 Å². The van der Waals surface area contributed by atoms with Crippen molar-refractivity contribution < 1.29 is 30.5 Å². The molecule has 3 aromatic carbocycles. The normalized spacial score (nSPS) is 17.1. The van der Waals surface area contributed by atoms with Gasteiger partial charge < -0.3 is 14.0 Å². The Hall–Kier alpha value is -4.09. The minimum Gasteiger partial charge on any atom is -0.744 e. The van der Waals surface area contributed by atoms with Gasteiger partial charge in [-0.3, -0.25) is 0 Å². The van der Waals surface area contributed by atoms with Gasteiger partial charge in [0, 0.05) is 53.2 Å². The standard InChI is InChI=1S/C38H42N2O6S2/c1-4-39(26-29-9-6-8-28(3)24-29)34-18-12-31(13-19-34)38(33-16-22-36(23-17-33)47(41,42)43)32-14-20-35(21-15-32)40(5-2)27-30-10-7-11-37(25-30)48(44,45)46/h6-16,18-22,24-25,32,38H,4-5,17,23,26-27H2,1-3H3,(H-,41,42,43,44,45,46)/p-1. The van der Waals surface area contributed by atoms with Gasteiger partial charge in [0.05, 0.1) is 4.90 Å². The number of hydrogen-bond acceptors (Lipinski definition) is 7. The molecule has 0 fully saturated rings. The maximum atomic E-state index is 11.7. The molecule has 1 atom stereocenters. The molecule has 3 aromatic rings. The number of aryl methyl sites for hydroxylation is 1. The molecule has 0 saturated carbocycles. The monoisotopic (exact) mass is 685 g/mol. The summed E-state index contributed by atoms with van der Waals surface area (Å²) in [5.74, 6) is -0.118. The first-order chi connectivity index (χ1) is 22.9. The fourth-order valence-corrected chi connectivity index (χ4v) is 7.60. The second-order valence-electron chi connectivity index (χ2n) is 12.2. The van der Waals surface area contributed by atoms with Crippen molar-refractivity contribution in [3.63, 3.8) is 0 Å². The van der Waals surface area contributed by atoms with E-state index >= 15 is 0 Å². The summed E-state index contributed by atoms with van der Waals surface area (Å²) >= 11 is 0. The lowest BCUT2D eigenvalue weighted by Crippen LogP contribution is -2.23. The van der Waals surface area contributed by atoms with Gasteiger partial charge in [-0.05, 0) is 75.1 Å². The molecule has 0 spiro atoms. The highest BCUT2D eigenvalue weighted by Gasteiger charge is 2.28. The molecule has 1 unspecified atom stereocenters. The van der Waals surface area contributed by atoms with Crippen LogP contribution in [0.5, 0.6) is 0 Å². The largest absolute Gasteiger partial charge is 0.744 e. The summed E-state index contributed by atoms with van der Waals surface area (Å²) < 4.78 is 71.9. The van der Waals surface area contributed by atoms with Crippen LogP contribution in [0.1, 0.15) is 54.9 Å². The summed E-state index contributed by atoms with van der Waals surface area (Å²) in [7, 11) is -9.04. The predicted molar refractivity (Wildman–Crippen MR) is 188 cm³/mol. The summed E-state index contributed by atoms with van der Waals surface area (Å²) in [5, 5.41) is 0. The fourth-order valence-electron chi connectivity index (χ4n) is 6.47. The Morgan fingerprint density at radius 3 is 2.10 bits per heavy atom. The van der Waals surface area contributed by atoms with Crippen LogP contribution < -0.4 is 4.90 Å². The zero-order valence-corrected chi connectivity index (χ0v) is 29.1. The van der Waals surface area contributed by atoms with Crippen molar-refractivity contribution in [1.82, 2.24) is 0 Å². The Balaban J connectivity index is 1.44. The predicted octanol–water partition coefficient (Wildman–Crippen LogP) is 6.57. The molecule has 0 heterocycles. The molecule has 0 amide bonds. The van der Waals surface area contributed by atoms with E-state index in [1.165, 1.54) is 29.3 Å². The van der Waals surface area contributed by atoms with Crippen LogP contribution in [0.25, 0.3) is 0 Å². The van der Waals surface area contributed by atoms with E-state index in [1.54, 1.807) is 18.2 Å². The summed E-state index contributed by atoms with van der Waals surface area (Å²) in [6, 6.07) is 23.2. The van der Waals surface area contributed by atoms with E-state index < -0.39 is 20.2 Å². The van der Waals surface area contributed by atoms with Gasteiger partial charge in [0.25, 0.3) is 0 Å². The van der Waals surface area contributed by atoms with Crippen molar-refractivity contribution in [2.75, 3.05) is 18.0 Å². The maximum Gasteiger partial charge on any atom is 0.199 e. The Morgan fingerprint density at radius 2 is 1.52 bits per heavy atom. The molecule has 48 heavy (non-hydrogen) atoms. The quantitative estimate of drug-likeness (QED) is 0.156. The minimum atomic E-state index is -4.55. The van der Waals surface area contributed by atoms with Crippen molar-refractivity contribution in [2.24, 2.45) is 5.92 Å². The molecule has 0 bridgehead atoms. The first-order valence-corrected chi connectivity index (χ1v) is 19.0. The SMILES string of the molecule is CCN(Cc1cccc(C)c1)c1ccc(C(C2=CC=C(S(=O)(=O)[O-])CC2)C2C=CC(=[N+](CC)Cc3cccc(S(=O)(=O)[O-])c3)C=C2)cc1. The third-order valence-corrected chi connectivity index (χ3v) is 10.8. The third kappa shape index (κ3) is 8.68. The van der Waals surface area contributed by atoms with Gasteiger partial charge >= 0.3 is 0 Å². The van der Waals surface area contributed by atoms with Crippen LogP contribution in [0.4, 0.5) is 5.69 Å². The molecule has 5 rings (SSSR count). The van der Waals surface area contributed by atoms with E-state index in [1.807, 2.05) is 6.92 Å². The topological polar surface area (TPSA) is 121 Å². The van der Waals surface area contributed by atoms with Crippen molar-refractivity contribution in [1.29, 1.82) is 0 Å². The lowest BCUT2D eigenvalue weighted by atomic mass is 9.76. The minimum absolute atomic E-state index is 0.0353. The van der Waals surface area contributed by atoms with Crippen LogP contribution in [-0.4, -0.2) is 49.3 Å². The number of allylic oxidation sites excluding steroid dienone is 8. The number of benzene rings is 3. The Kier molecular flexibility index (Phi) is 11.0. The van der Waals surface area contributed by atoms with E-state index in [0.29, 0.717) is 19.5 Å². The summed E-state index contributed by atoms with van der Waals surface area (Å²) in [5.41, 5.74) is 7.38. The molecule has 10 heteroatoms. The first-order valence-electron chi connectivity index (χ1n) is 16.1. The lowest BCUT2D eigenvalue weighted by Gasteiger charge is -2.30. The highest BCUT2D eigenvalue weighted by molar-refractivity contribution is 7.89. The van der Waals surface area contributed by atoms with E-state index in [2.05, 4.69) is 96.2 Å². The Bertz CT molecular complexity index is 2010. The van der Waals surface area contributed by atoms with Gasteiger partial charge in [-0.25, -0.2) is 21.4 Å². The number of rotatable bonds is 12. The highest BCUT2D eigenvalue weighted by Crippen LogP contribution is 2.40. The second kappa shape index (κ2) is 15.0. The van der Waals surface area contributed by atoms with Crippen molar-refractivity contribution in [2.45, 2.75) is 57.5 Å². The first kappa shape index (κ1) is 35.2. The maximum absolute atomic E-state index is 11.7. The van der Waals surface area contributed by atoms with E-state index in [0.717, 1.165) is 41.2 Å². The molecule has 0 radical (unpaired) electrons. The summed E-state index contributed by atoms with van der Waals surface area (Å²) in [6.45, 7) is 8.97. The fraction of sp³-hybridized carbons (Fsp3) is 0.289. The molecule has 2 aliphatic rings. The van der Waals surface area contributed by atoms with Crippen LogP contribution in [0.2, 0.25) is 0 Å². The summed E-state index contributed by atoms with van der Waals surface area (Å²) in [6.07, 6.45) is 12.2. The van der Waals surface area contributed by atoms with Gasteiger partial charge in [-0.2, -0.15) is 0 Å². The third-order valence-electron chi connectivity index (χ3n) is 8.99. The molecule has 8 nitrogen and oxygen atoms in total. The number of anilines is 1. The number of hydrogen-bond donors (Lipinski definition) is 0. The van der Waals surface area contributed by atoms with Crippen molar-refractivity contribution >= 4 is 31.6 Å². The zero-order valence-electron chi connectivity index (χ0n) is 27.5. The van der Waals surface area contributed by atoms with Crippen molar-refractivity contribution in [3.05, 3.63) is 142 Å². The van der Waals surface area contributed by atoms with Gasteiger partial charge in [0.1, 0.15) is 26.8 Å². The molecule has 0 saturated heterocycles. The van der Waals surface area contributed by atoms with Gasteiger partial charge in [-0.1, -0.05) is 77.9 Å². The molecule has 0 N–H and O–H groups in total. The highest BCUT2D eigenvalue weighted by atomic mass is 32.2. The van der Waals surface area contributed by atoms with Gasteiger partial charge in [0.15, 0.2) is 12.3 Å². The molecular weight excluding hydrogens is 645 g/mol. The lowest BCUT2D eigenvalue weighted by molar-refractivity contribution is -0.539. The Morgan fingerprint density at radius 1 is 0.833 bits per heavy atom. The second-order valence-corrected chi connectivity index (χ2v) is 15.0. The molecular formula is C38H41N2O6S2-. The smallest absolute Gasteiger partial charge is 0.199 e. The molecule has 0 aromatic heterocycles. The van der Waals surface area contributed by atoms with Crippen molar-refractivity contribution in [3.8, 4) is 0 Å². The van der Waals surface area contributed by atoms with Crippen LogP contribution in [0, 0.1) is 12.8 Å². The molecule has 252 valence electrons. The number of nitrogens with zero attached hydrogens (tertiary/aromatic N) is 2. The summed E-state index contributed by atoms with van der Waals surface area (Å²) in [4.78, 5) is 1.99. The average molecular weight is 686 g/mol. The van der Waals surface area contributed by atoms with E-state index in [9.17, 15) is 25.9 Å². The van der Waals surface area contributed by atoms with Crippen LogP contribution in [0.3, 0.4) is 0 Å². The average Bonchev–Trinajstić information content (AvgIpc) is 3.07. The zero-order chi connectivity index (χ0) is 34.5. The van der Waals surface area contributed by atoms with Crippen LogP contribution >= 0.6 is 0 Å². The van der Waals surface area contributed by atoms with Crippen LogP contribution in [0.15, 0.2) is 125 Å².